The van der Waals surface area contributed by atoms with Crippen LogP contribution in [0.5, 0.6) is 0 Å². The van der Waals surface area contributed by atoms with Gasteiger partial charge < -0.3 is 11.1 Å². The molecule has 0 unspecified atom stereocenters. The lowest BCUT2D eigenvalue weighted by Gasteiger charge is -2.06. The van der Waals surface area contributed by atoms with E-state index in [0.717, 1.165) is 5.57 Å². The van der Waals surface area contributed by atoms with Crippen molar-refractivity contribution in [3.05, 3.63) is 23.4 Å². The molecular weight excluding hydrogens is 166 g/mol. The number of hydrogen-bond donors (Lipinski definition) is 2. The molecule has 4 nitrogen and oxygen atoms in total. The molecular formula is C9H13N3O. The molecule has 0 aromatic heterocycles. The van der Waals surface area contributed by atoms with E-state index in [2.05, 4.69) is 11.9 Å². The minimum atomic E-state index is -0.714. The van der Waals surface area contributed by atoms with Crippen molar-refractivity contribution in [2.75, 3.05) is 6.54 Å². The Balaban J connectivity index is 4.51. The average Bonchev–Trinajstić information content (AvgIpc) is 2.01. The van der Waals surface area contributed by atoms with Gasteiger partial charge in [-0.1, -0.05) is 12.2 Å². The van der Waals surface area contributed by atoms with E-state index in [4.69, 9.17) is 11.0 Å². The topological polar surface area (TPSA) is 78.9 Å². The van der Waals surface area contributed by atoms with Crippen LogP contribution in [0.25, 0.3) is 0 Å². The van der Waals surface area contributed by atoms with Crippen LogP contribution in [-0.2, 0) is 4.79 Å². The molecule has 0 aliphatic heterocycles. The summed E-state index contributed by atoms with van der Waals surface area (Å²) in [5.74, 6) is -0.714. The van der Waals surface area contributed by atoms with Crippen molar-refractivity contribution in [1.29, 1.82) is 5.26 Å². The van der Waals surface area contributed by atoms with Crippen LogP contribution in [0.2, 0.25) is 0 Å². The Morgan fingerprint density at radius 1 is 1.62 bits per heavy atom. The predicted molar refractivity (Wildman–Crippen MR) is 50.3 cm³/mol. The summed E-state index contributed by atoms with van der Waals surface area (Å²) in [6, 6.07) is 1.74. The first-order valence-corrected chi connectivity index (χ1v) is 3.78. The Hall–Kier alpha value is -1.76. The van der Waals surface area contributed by atoms with Gasteiger partial charge in [-0.25, -0.2) is 0 Å². The van der Waals surface area contributed by atoms with Crippen molar-refractivity contribution in [3.8, 4) is 6.07 Å². The number of carbonyl (C=O) groups is 1. The van der Waals surface area contributed by atoms with Gasteiger partial charge in [-0.15, -0.1) is 0 Å². The van der Waals surface area contributed by atoms with E-state index < -0.39 is 5.91 Å². The number of nitrogens with zero attached hydrogens (tertiary/aromatic N) is 1. The van der Waals surface area contributed by atoms with Gasteiger partial charge in [-0.3, -0.25) is 4.79 Å². The average molecular weight is 179 g/mol. The van der Waals surface area contributed by atoms with Gasteiger partial charge >= 0.3 is 0 Å². The molecule has 0 saturated carbocycles. The molecule has 0 bridgehead atoms. The summed E-state index contributed by atoms with van der Waals surface area (Å²) in [5, 5.41) is 11.4. The first-order chi connectivity index (χ1) is 5.99. The van der Waals surface area contributed by atoms with Crippen LogP contribution in [0.4, 0.5) is 0 Å². The largest absolute Gasteiger partial charge is 0.384 e. The summed E-state index contributed by atoms with van der Waals surface area (Å²) in [6.45, 7) is 7.68. The molecule has 0 radical (unpaired) electrons. The summed E-state index contributed by atoms with van der Waals surface area (Å²) in [5.41, 5.74) is 6.33. The lowest BCUT2D eigenvalue weighted by molar-refractivity contribution is -0.114. The highest BCUT2D eigenvalue weighted by atomic mass is 16.1. The zero-order valence-corrected chi connectivity index (χ0v) is 7.85. The molecule has 70 valence electrons. The van der Waals surface area contributed by atoms with Gasteiger partial charge in [0.2, 0.25) is 0 Å². The van der Waals surface area contributed by atoms with Crippen LogP contribution < -0.4 is 11.1 Å². The molecule has 3 N–H and O–H groups in total. The van der Waals surface area contributed by atoms with Crippen LogP contribution in [0.15, 0.2) is 23.4 Å². The minimum absolute atomic E-state index is 0.0405. The zero-order valence-electron chi connectivity index (χ0n) is 7.85. The molecule has 0 aromatic carbocycles. The summed E-state index contributed by atoms with van der Waals surface area (Å²) >= 11 is 0. The molecule has 0 spiro atoms. The maximum atomic E-state index is 10.7. The highest BCUT2D eigenvalue weighted by Gasteiger charge is 2.07. The summed E-state index contributed by atoms with van der Waals surface area (Å²) in [4.78, 5) is 10.7. The lowest BCUT2D eigenvalue weighted by atomic mass is 10.2. The van der Waals surface area contributed by atoms with Crippen molar-refractivity contribution >= 4 is 5.91 Å². The van der Waals surface area contributed by atoms with Gasteiger partial charge in [-0.05, 0) is 13.8 Å². The molecule has 0 aliphatic rings. The number of amides is 1. The molecule has 0 heterocycles. The molecule has 4 heteroatoms. The zero-order chi connectivity index (χ0) is 10.4. The third-order valence-corrected chi connectivity index (χ3v) is 1.39. The molecule has 0 aliphatic carbocycles. The summed E-state index contributed by atoms with van der Waals surface area (Å²) < 4.78 is 0. The smallest absolute Gasteiger partial charge is 0.261 e. The molecule has 0 rings (SSSR count). The fourth-order valence-corrected chi connectivity index (χ4v) is 0.696. The van der Waals surface area contributed by atoms with Crippen molar-refractivity contribution in [2.45, 2.75) is 13.8 Å². The first kappa shape index (κ1) is 11.2. The van der Waals surface area contributed by atoms with Gasteiger partial charge in [0.1, 0.15) is 11.6 Å². The Labute approximate surface area is 77.7 Å². The first-order valence-electron chi connectivity index (χ1n) is 3.78. The second-order valence-electron chi connectivity index (χ2n) is 2.79. The maximum Gasteiger partial charge on any atom is 0.261 e. The molecule has 13 heavy (non-hydrogen) atoms. The Morgan fingerprint density at radius 3 is 2.46 bits per heavy atom. The van der Waals surface area contributed by atoms with E-state index >= 15 is 0 Å². The molecule has 0 fully saturated rings. The second kappa shape index (κ2) is 4.99. The van der Waals surface area contributed by atoms with Crippen LogP contribution >= 0.6 is 0 Å². The van der Waals surface area contributed by atoms with Gasteiger partial charge in [0.05, 0.1) is 0 Å². The molecule has 0 aromatic rings. The second-order valence-corrected chi connectivity index (χ2v) is 2.79. The van der Waals surface area contributed by atoms with Gasteiger partial charge in [0.15, 0.2) is 0 Å². The predicted octanol–water partition coefficient (Wildman–Crippen LogP) is 0.435. The van der Waals surface area contributed by atoms with Crippen LogP contribution in [0.3, 0.4) is 0 Å². The van der Waals surface area contributed by atoms with Crippen molar-refractivity contribution in [1.82, 2.24) is 5.32 Å². The van der Waals surface area contributed by atoms with Gasteiger partial charge in [0.25, 0.3) is 5.91 Å². The number of carbonyl (C=O) groups excluding carboxylic acids is 1. The SMILES string of the molecule is C=C(C)CN/C(C)=C(/C#N)C(N)=O. The number of hydrogen-bond acceptors (Lipinski definition) is 3. The minimum Gasteiger partial charge on any atom is -0.384 e. The number of nitriles is 1. The number of primary amides is 1. The van der Waals surface area contributed by atoms with Crippen LogP contribution in [0, 0.1) is 11.3 Å². The van der Waals surface area contributed by atoms with E-state index in [1.807, 2.05) is 6.92 Å². The third kappa shape index (κ3) is 3.97. The summed E-state index contributed by atoms with van der Waals surface area (Å²) in [7, 11) is 0. The number of nitrogens with two attached hydrogens (primary N) is 1. The standard InChI is InChI=1S/C9H13N3O/c1-6(2)5-12-7(3)8(4-10)9(11)13/h12H,1,5H2,2-3H3,(H2,11,13)/b8-7-. The quantitative estimate of drug-likeness (QED) is 0.373. The highest BCUT2D eigenvalue weighted by Crippen LogP contribution is 1.99. The molecule has 0 saturated heterocycles. The third-order valence-electron chi connectivity index (χ3n) is 1.39. The maximum absolute atomic E-state index is 10.7. The van der Waals surface area contributed by atoms with Crippen LogP contribution in [-0.4, -0.2) is 12.5 Å². The number of rotatable bonds is 4. The molecule has 1 amide bonds. The van der Waals surface area contributed by atoms with Crippen LogP contribution in [0.1, 0.15) is 13.8 Å². The highest BCUT2D eigenvalue weighted by molar-refractivity contribution is 5.96. The van der Waals surface area contributed by atoms with Crippen molar-refractivity contribution in [3.63, 3.8) is 0 Å². The van der Waals surface area contributed by atoms with Gasteiger partial charge in [-0.2, -0.15) is 5.26 Å². The fourth-order valence-electron chi connectivity index (χ4n) is 0.696. The van der Waals surface area contributed by atoms with E-state index in [0.29, 0.717) is 12.2 Å². The Bertz CT molecular complexity index is 296. The monoisotopic (exact) mass is 179 g/mol. The van der Waals surface area contributed by atoms with E-state index in [-0.39, 0.29) is 5.57 Å². The Morgan fingerprint density at radius 2 is 2.15 bits per heavy atom. The van der Waals surface area contributed by atoms with E-state index in [1.165, 1.54) is 0 Å². The number of nitrogens with one attached hydrogen (secondary N) is 1. The number of allylic oxidation sites excluding steroid dienone is 1. The summed E-state index contributed by atoms with van der Waals surface area (Å²) in [6.07, 6.45) is 0. The van der Waals surface area contributed by atoms with E-state index in [1.54, 1.807) is 13.0 Å². The van der Waals surface area contributed by atoms with Crippen molar-refractivity contribution in [2.24, 2.45) is 5.73 Å². The van der Waals surface area contributed by atoms with Crippen molar-refractivity contribution < 1.29 is 4.79 Å². The normalized spacial score (nSPS) is 11.2. The van der Waals surface area contributed by atoms with Gasteiger partial charge in [0, 0.05) is 12.2 Å². The Kier molecular flexibility index (Phi) is 4.31. The molecule has 0 atom stereocenters. The lowest BCUT2D eigenvalue weighted by Crippen LogP contribution is -2.21. The van der Waals surface area contributed by atoms with E-state index in [9.17, 15) is 4.79 Å². The fraction of sp³-hybridized carbons (Fsp3) is 0.333.